The van der Waals surface area contributed by atoms with E-state index in [-0.39, 0.29) is 5.54 Å². The van der Waals surface area contributed by atoms with Crippen LogP contribution >= 0.6 is 0 Å². The molecule has 1 N–H and O–H groups in total. The minimum Gasteiger partial charge on any atom is -0.294 e. The van der Waals surface area contributed by atoms with Crippen molar-refractivity contribution >= 4 is 11.3 Å². The number of hydrogen-bond acceptors (Lipinski definition) is 1. The van der Waals surface area contributed by atoms with E-state index in [1.165, 1.54) is 4.31 Å². The molecule has 0 aromatic carbocycles. The quantitative estimate of drug-likeness (QED) is 0.625. The van der Waals surface area contributed by atoms with E-state index < -0.39 is 11.3 Å². The van der Waals surface area contributed by atoms with E-state index in [2.05, 4.69) is 0 Å². The van der Waals surface area contributed by atoms with Crippen molar-refractivity contribution in [1.29, 1.82) is 0 Å². The molecule has 0 amide bonds. The molecule has 0 aliphatic rings. The van der Waals surface area contributed by atoms with E-state index >= 15 is 0 Å². The highest BCUT2D eigenvalue weighted by molar-refractivity contribution is 7.76. The fourth-order valence-corrected chi connectivity index (χ4v) is 1.51. The van der Waals surface area contributed by atoms with Gasteiger partial charge in [-0.25, -0.2) is 4.21 Å². The highest BCUT2D eigenvalue weighted by atomic mass is 32.2. The minimum absolute atomic E-state index is 0.228. The van der Waals surface area contributed by atoms with Gasteiger partial charge >= 0.3 is 0 Å². The minimum atomic E-state index is -1.84. The molecule has 0 bridgehead atoms. The first-order valence-corrected chi connectivity index (χ1v) is 4.34. The zero-order chi connectivity index (χ0) is 8.36. The van der Waals surface area contributed by atoms with Crippen LogP contribution in [-0.4, -0.2) is 25.2 Å². The third-order valence-corrected chi connectivity index (χ3v) is 2.41. The summed E-state index contributed by atoms with van der Waals surface area (Å²) in [6.07, 6.45) is 0. The van der Waals surface area contributed by atoms with Crippen molar-refractivity contribution in [3.63, 3.8) is 0 Å². The highest BCUT2D eigenvalue weighted by Crippen LogP contribution is 2.13. The molecule has 62 valence electrons. The van der Waals surface area contributed by atoms with Gasteiger partial charge in [0.1, 0.15) is 0 Å². The molecule has 4 heteroatoms. The van der Waals surface area contributed by atoms with Crippen molar-refractivity contribution in [3.8, 4) is 0 Å². The molecule has 1 unspecified atom stereocenters. The molecule has 1 atom stereocenters. The lowest BCUT2D eigenvalue weighted by atomic mass is 10.1. The fourth-order valence-electron chi connectivity index (χ4n) is 0.819. The van der Waals surface area contributed by atoms with Crippen LogP contribution < -0.4 is 0 Å². The lowest BCUT2D eigenvalue weighted by Gasteiger charge is -2.30. The van der Waals surface area contributed by atoms with Crippen molar-refractivity contribution in [2.24, 2.45) is 0 Å². The molecule has 0 heterocycles. The smallest absolute Gasteiger partial charge is 0.234 e. The molecular formula is C6H15NO2S. The molecule has 0 fully saturated rings. The van der Waals surface area contributed by atoms with Crippen LogP contribution in [0.2, 0.25) is 0 Å². The van der Waals surface area contributed by atoms with Gasteiger partial charge in [-0.15, -0.1) is 0 Å². The van der Waals surface area contributed by atoms with E-state index in [0.29, 0.717) is 6.54 Å². The Morgan fingerprint density at radius 2 is 1.90 bits per heavy atom. The van der Waals surface area contributed by atoms with Gasteiger partial charge in [-0.1, -0.05) is 6.92 Å². The maximum Gasteiger partial charge on any atom is 0.234 e. The summed E-state index contributed by atoms with van der Waals surface area (Å²) in [6, 6.07) is 0. The van der Waals surface area contributed by atoms with Crippen LogP contribution in [0.15, 0.2) is 0 Å². The second kappa shape index (κ2) is 3.46. The van der Waals surface area contributed by atoms with Gasteiger partial charge in [0.15, 0.2) is 0 Å². The Bertz CT molecular complexity index is 130. The van der Waals surface area contributed by atoms with Gasteiger partial charge in [-0.2, -0.15) is 4.31 Å². The second-order valence-electron chi connectivity index (χ2n) is 3.10. The van der Waals surface area contributed by atoms with E-state index in [4.69, 9.17) is 4.55 Å². The topological polar surface area (TPSA) is 40.5 Å². The predicted molar refractivity (Wildman–Crippen MR) is 42.9 cm³/mol. The molecule has 0 rings (SSSR count). The van der Waals surface area contributed by atoms with Gasteiger partial charge in [0.05, 0.1) is 0 Å². The molecule has 3 nitrogen and oxygen atoms in total. The lowest BCUT2D eigenvalue weighted by Crippen LogP contribution is -2.41. The van der Waals surface area contributed by atoms with Crippen molar-refractivity contribution in [3.05, 3.63) is 0 Å². The summed E-state index contributed by atoms with van der Waals surface area (Å²) in [5.74, 6) is 0. The van der Waals surface area contributed by atoms with E-state index in [0.717, 1.165) is 0 Å². The van der Waals surface area contributed by atoms with Gasteiger partial charge in [0.25, 0.3) is 0 Å². The Kier molecular flexibility index (Phi) is 3.48. The van der Waals surface area contributed by atoms with Crippen LogP contribution in [0.3, 0.4) is 0 Å². The molecule has 10 heavy (non-hydrogen) atoms. The fraction of sp³-hybridized carbons (Fsp3) is 1.00. The molecule has 0 aromatic rings. The highest BCUT2D eigenvalue weighted by Gasteiger charge is 2.23. The van der Waals surface area contributed by atoms with Crippen LogP contribution in [-0.2, 0) is 11.3 Å². The van der Waals surface area contributed by atoms with Gasteiger partial charge in [-0.3, -0.25) is 4.55 Å². The molecular weight excluding hydrogens is 150 g/mol. The standard InChI is InChI=1S/C6H15NO2S/c1-5-7(10(8)9)6(2,3)4/h5H2,1-4H3,(H,8,9). The lowest BCUT2D eigenvalue weighted by molar-refractivity contribution is 0.254. The molecule has 0 saturated carbocycles. The maximum atomic E-state index is 10.6. The summed E-state index contributed by atoms with van der Waals surface area (Å²) in [5.41, 5.74) is -0.228. The largest absolute Gasteiger partial charge is 0.294 e. The Hall–Kier alpha value is 0.0700. The first kappa shape index (κ1) is 10.1. The van der Waals surface area contributed by atoms with Gasteiger partial charge in [0, 0.05) is 12.1 Å². The van der Waals surface area contributed by atoms with Crippen molar-refractivity contribution in [1.82, 2.24) is 4.31 Å². The van der Waals surface area contributed by atoms with Gasteiger partial charge < -0.3 is 0 Å². The first-order valence-electron chi connectivity index (χ1n) is 3.28. The second-order valence-corrected chi connectivity index (χ2v) is 4.00. The number of rotatable bonds is 2. The number of nitrogens with zero attached hydrogens (tertiary/aromatic N) is 1. The maximum absolute atomic E-state index is 10.6. The Balaban J connectivity index is 4.22. The monoisotopic (exact) mass is 165 g/mol. The molecule has 0 spiro atoms. The average Bonchev–Trinajstić information content (AvgIpc) is 1.60. The molecule has 0 aromatic heterocycles. The van der Waals surface area contributed by atoms with Crippen LogP contribution in [0.5, 0.6) is 0 Å². The normalized spacial score (nSPS) is 15.8. The number of hydrogen-bond donors (Lipinski definition) is 1. The van der Waals surface area contributed by atoms with Crippen molar-refractivity contribution < 1.29 is 8.76 Å². The predicted octanol–water partition coefficient (Wildman–Crippen LogP) is 1.24. The van der Waals surface area contributed by atoms with Crippen LogP contribution in [0.4, 0.5) is 0 Å². The molecule has 0 aliphatic carbocycles. The van der Waals surface area contributed by atoms with Gasteiger partial charge in [-0.05, 0) is 20.8 Å². The van der Waals surface area contributed by atoms with Crippen LogP contribution in [0.1, 0.15) is 27.7 Å². The Morgan fingerprint density at radius 1 is 1.50 bits per heavy atom. The first-order chi connectivity index (χ1) is 4.39. The van der Waals surface area contributed by atoms with Crippen molar-refractivity contribution in [2.75, 3.05) is 6.54 Å². The van der Waals surface area contributed by atoms with Gasteiger partial charge in [0.2, 0.25) is 11.3 Å². The molecule has 0 radical (unpaired) electrons. The average molecular weight is 165 g/mol. The van der Waals surface area contributed by atoms with E-state index in [1.807, 2.05) is 27.7 Å². The van der Waals surface area contributed by atoms with E-state index in [9.17, 15) is 4.21 Å². The summed E-state index contributed by atoms with van der Waals surface area (Å²) in [7, 11) is 0. The molecule has 0 aliphatic heterocycles. The van der Waals surface area contributed by atoms with Crippen molar-refractivity contribution in [2.45, 2.75) is 33.2 Å². The summed E-state index contributed by atoms with van der Waals surface area (Å²) in [4.78, 5) is 0. The van der Waals surface area contributed by atoms with Crippen LogP contribution in [0, 0.1) is 0 Å². The third-order valence-electron chi connectivity index (χ3n) is 1.22. The Morgan fingerprint density at radius 3 is 1.90 bits per heavy atom. The van der Waals surface area contributed by atoms with Crippen LogP contribution in [0.25, 0.3) is 0 Å². The summed E-state index contributed by atoms with van der Waals surface area (Å²) < 4.78 is 20.9. The SMILES string of the molecule is CCN(S(=O)O)C(C)(C)C. The summed E-state index contributed by atoms with van der Waals surface area (Å²) in [6.45, 7) is 8.17. The zero-order valence-corrected chi connectivity index (χ0v) is 7.73. The van der Waals surface area contributed by atoms with E-state index in [1.54, 1.807) is 0 Å². The zero-order valence-electron chi connectivity index (χ0n) is 6.92. The summed E-state index contributed by atoms with van der Waals surface area (Å²) in [5, 5.41) is 0. The third kappa shape index (κ3) is 2.77. The summed E-state index contributed by atoms with van der Waals surface area (Å²) >= 11 is -1.84. The Labute approximate surface area is 64.8 Å². The molecule has 0 saturated heterocycles.